The third-order valence-corrected chi connectivity index (χ3v) is 5.97. The molecule has 0 saturated carbocycles. The molecule has 27 heavy (non-hydrogen) atoms. The van der Waals surface area contributed by atoms with Crippen LogP contribution in [-0.4, -0.2) is 42.1 Å². The molecule has 0 amide bonds. The van der Waals surface area contributed by atoms with E-state index in [0.717, 1.165) is 41.7 Å². The molecule has 3 saturated heterocycles. The van der Waals surface area contributed by atoms with Gasteiger partial charge in [0.2, 0.25) is 0 Å². The van der Waals surface area contributed by atoms with E-state index < -0.39 is 0 Å². The number of hydrogen-bond donors (Lipinski definition) is 0. The molecule has 2 bridgehead atoms. The van der Waals surface area contributed by atoms with Crippen molar-refractivity contribution in [2.24, 2.45) is 5.92 Å². The number of ether oxygens (including phenoxy) is 2. The molecule has 3 aliphatic heterocycles. The van der Waals surface area contributed by atoms with Crippen molar-refractivity contribution in [2.45, 2.75) is 38.8 Å². The summed E-state index contributed by atoms with van der Waals surface area (Å²) in [7, 11) is 1.66. The Morgan fingerprint density at radius 2 is 2.22 bits per heavy atom. The van der Waals surface area contributed by atoms with Crippen molar-refractivity contribution in [1.82, 2.24) is 9.88 Å². The Labute approximate surface area is 160 Å². The summed E-state index contributed by atoms with van der Waals surface area (Å²) < 4.78 is 11.3. The molecule has 1 aromatic heterocycles. The van der Waals surface area contributed by atoms with Gasteiger partial charge in [0.05, 0.1) is 18.7 Å². The zero-order valence-corrected chi connectivity index (χ0v) is 16.1. The molecule has 5 heteroatoms. The van der Waals surface area contributed by atoms with E-state index in [-0.39, 0.29) is 18.1 Å². The smallest absolute Gasteiger partial charge is 0.303 e. The van der Waals surface area contributed by atoms with E-state index in [4.69, 9.17) is 9.47 Å². The van der Waals surface area contributed by atoms with Gasteiger partial charge in [-0.1, -0.05) is 11.6 Å². The molecule has 0 aliphatic carbocycles. The van der Waals surface area contributed by atoms with Gasteiger partial charge >= 0.3 is 5.97 Å². The minimum absolute atomic E-state index is 0.188. The maximum atomic E-state index is 12.0. The van der Waals surface area contributed by atoms with Crippen LogP contribution in [0.15, 0.2) is 42.1 Å². The first-order chi connectivity index (χ1) is 13.1. The Bertz CT molecular complexity index is 892. The van der Waals surface area contributed by atoms with Crippen LogP contribution in [0.25, 0.3) is 10.9 Å². The van der Waals surface area contributed by atoms with Crippen molar-refractivity contribution in [1.29, 1.82) is 0 Å². The monoisotopic (exact) mass is 366 g/mol. The highest BCUT2D eigenvalue weighted by Crippen LogP contribution is 2.43. The van der Waals surface area contributed by atoms with Crippen molar-refractivity contribution >= 4 is 16.9 Å². The van der Waals surface area contributed by atoms with Gasteiger partial charge in [0, 0.05) is 30.6 Å². The highest BCUT2D eigenvalue weighted by atomic mass is 16.5. The van der Waals surface area contributed by atoms with E-state index in [0.29, 0.717) is 5.92 Å². The molecular formula is C22H26N2O3. The fourth-order valence-corrected chi connectivity index (χ4v) is 4.63. The predicted molar refractivity (Wildman–Crippen MR) is 105 cm³/mol. The molecule has 2 aromatic rings. The van der Waals surface area contributed by atoms with Crippen LogP contribution in [0.3, 0.4) is 0 Å². The van der Waals surface area contributed by atoms with Gasteiger partial charge < -0.3 is 9.47 Å². The Morgan fingerprint density at radius 1 is 1.37 bits per heavy atom. The Kier molecular flexibility index (Phi) is 4.87. The minimum Gasteiger partial charge on any atom is -0.497 e. The summed E-state index contributed by atoms with van der Waals surface area (Å²) in [6.07, 6.45) is 5.95. The second-order valence-electron chi connectivity index (χ2n) is 7.44. The number of carbonyl (C=O) groups is 1. The number of aromatic nitrogens is 1. The number of allylic oxidation sites excluding steroid dienone is 1. The van der Waals surface area contributed by atoms with Crippen LogP contribution in [0.1, 0.15) is 38.4 Å². The number of esters is 1. The Morgan fingerprint density at radius 3 is 2.89 bits per heavy atom. The van der Waals surface area contributed by atoms with Crippen molar-refractivity contribution in [3.8, 4) is 5.75 Å². The van der Waals surface area contributed by atoms with Crippen LogP contribution in [-0.2, 0) is 9.53 Å². The predicted octanol–water partition coefficient (Wildman–Crippen LogP) is 3.89. The Hall–Kier alpha value is -2.40. The first kappa shape index (κ1) is 18.0. The van der Waals surface area contributed by atoms with Gasteiger partial charge in [0.15, 0.2) is 0 Å². The number of nitrogens with zero attached hydrogens (tertiary/aromatic N) is 2. The van der Waals surface area contributed by atoms with Gasteiger partial charge in [0.25, 0.3) is 0 Å². The molecule has 4 atom stereocenters. The normalized spacial score (nSPS) is 26.9. The second kappa shape index (κ2) is 7.31. The average molecular weight is 366 g/mol. The number of benzene rings is 1. The number of rotatable bonds is 4. The van der Waals surface area contributed by atoms with Crippen LogP contribution in [0.2, 0.25) is 0 Å². The van der Waals surface area contributed by atoms with Gasteiger partial charge in [-0.3, -0.25) is 14.7 Å². The van der Waals surface area contributed by atoms with E-state index in [1.165, 1.54) is 18.9 Å². The largest absolute Gasteiger partial charge is 0.497 e. The van der Waals surface area contributed by atoms with E-state index in [1.54, 1.807) is 13.3 Å². The fourth-order valence-electron chi connectivity index (χ4n) is 4.63. The molecule has 142 valence electrons. The highest BCUT2D eigenvalue weighted by Gasteiger charge is 2.42. The molecule has 0 spiro atoms. The number of piperidine rings is 3. The number of fused-ring (bicyclic) bond motifs is 4. The summed E-state index contributed by atoms with van der Waals surface area (Å²) in [4.78, 5) is 18.9. The number of hydrogen-bond acceptors (Lipinski definition) is 5. The number of carbonyl (C=O) groups excluding carboxylic acids is 1. The maximum absolute atomic E-state index is 12.0. The first-order valence-corrected chi connectivity index (χ1v) is 9.59. The lowest BCUT2D eigenvalue weighted by Gasteiger charge is -2.49. The quantitative estimate of drug-likeness (QED) is 0.607. The van der Waals surface area contributed by atoms with E-state index >= 15 is 0 Å². The fraction of sp³-hybridized carbons (Fsp3) is 0.455. The summed E-state index contributed by atoms with van der Waals surface area (Å²) in [6, 6.07) is 8.02. The van der Waals surface area contributed by atoms with Crippen molar-refractivity contribution in [2.75, 3.05) is 20.2 Å². The SMILES string of the molecule is CC=C1CN2CCC1C[C@@H]2[C@@H](OC(C)=O)c1ccnc2ccc(OC)cc12. The third kappa shape index (κ3) is 3.32. The van der Waals surface area contributed by atoms with Crippen LogP contribution >= 0.6 is 0 Å². The van der Waals surface area contributed by atoms with E-state index in [1.807, 2.05) is 24.3 Å². The van der Waals surface area contributed by atoms with Crippen molar-refractivity contribution in [3.63, 3.8) is 0 Å². The molecule has 5 nitrogen and oxygen atoms in total. The lowest BCUT2D eigenvalue weighted by atomic mass is 9.76. The van der Waals surface area contributed by atoms with Crippen LogP contribution < -0.4 is 4.74 Å². The lowest BCUT2D eigenvalue weighted by Crippen LogP contribution is -2.53. The standard InChI is InChI=1S/C22H26N2O3/c1-4-15-13-24-10-8-16(15)11-21(24)22(27-14(2)25)18-7-9-23-20-6-5-17(26-3)12-19(18)20/h4-7,9,12,16,21-22H,8,10-11,13H2,1-3H3/t16?,21-,22+/m1/s1. The molecule has 1 aromatic carbocycles. The first-order valence-electron chi connectivity index (χ1n) is 9.59. The number of methoxy groups -OCH3 is 1. The van der Waals surface area contributed by atoms with Crippen LogP contribution in [0.5, 0.6) is 5.75 Å². The molecule has 2 unspecified atom stereocenters. The summed E-state index contributed by atoms with van der Waals surface area (Å²) in [5.41, 5.74) is 3.41. The zero-order valence-electron chi connectivity index (χ0n) is 16.1. The second-order valence-corrected chi connectivity index (χ2v) is 7.44. The molecule has 5 rings (SSSR count). The molecule has 3 fully saturated rings. The molecular weight excluding hydrogens is 340 g/mol. The zero-order chi connectivity index (χ0) is 19.0. The van der Waals surface area contributed by atoms with E-state index in [9.17, 15) is 4.79 Å². The van der Waals surface area contributed by atoms with Crippen molar-refractivity contribution in [3.05, 3.63) is 47.7 Å². The molecule has 3 aliphatic rings. The van der Waals surface area contributed by atoms with Gasteiger partial charge in [-0.05, 0) is 56.5 Å². The minimum atomic E-state index is -0.304. The average Bonchev–Trinajstić information content (AvgIpc) is 2.71. The summed E-state index contributed by atoms with van der Waals surface area (Å²) in [5.74, 6) is 1.12. The Balaban J connectivity index is 1.78. The van der Waals surface area contributed by atoms with E-state index in [2.05, 4.69) is 22.9 Å². The maximum Gasteiger partial charge on any atom is 0.303 e. The highest BCUT2D eigenvalue weighted by molar-refractivity contribution is 5.84. The number of pyridine rings is 1. The summed E-state index contributed by atoms with van der Waals surface area (Å²) in [6.45, 7) is 5.63. The van der Waals surface area contributed by atoms with Gasteiger partial charge in [-0.2, -0.15) is 0 Å². The summed E-state index contributed by atoms with van der Waals surface area (Å²) in [5, 5.41) is 0.983. The molecule has 0 radical (unpaired) electrons. The van der Waals surface area contributed by atoms with Crippen LogP contribution in [0.4, 0.5) is 0 Å². The van der Waals surface area contributed by atoms with Crippen LogP contribution in [0, 0.1) is 5.92 Å². The summed E-state index contributed by atoms with van der Waals surface area (Å²) >= 11 is 0. The molecule has 4 heterocycles. The van der Waals surface area contributed by atoms with Gasteiger partial charge in [-0.15, -0.1) is 0 Å². The van der Waals surface area contributed by atoms with Crippen molar-refractivity contribution < 1.29 is 14.3 Å². The lowest BCUT2D eigenvalue weighted by molar-refractivity contribution is -0.152. The van der Waals surface area contributed by atoms with Gasteiger partial charge in [0.1, 0.15) is 11.9 Å². The third-order valence-electron chi connectivity index (χ3n) is 5.97. The topological polar surface area (TPSA) is 51.7 Å². The molecule has 0 N–H and O–H groups in total. The van der Waals surface area contributed by atoms with Gasteiger partial charge in [-0.25, -0.2) is 0 Å².